The lowest BCUT2D eigenvalue weighted by atomic mass is 10.2. The molecule has 0 atom stereocenters. The molecule has 0 radical (unpaired) electrons. The predicted molar refractivity (Wildman–Crippen MR) is 65.3 cm³/mol. The van der Waals surface area contributed by atoms with E-state index >= 15 is 0 Å². The minimum atomic E-state index is 0.478. The number of aromatic amines is 2. The number of rotatable bonds is 1. The van der Waals surface area contributed by atoms with Crippen molar-refractivity contribution in [2.75, 3.05) is 5.73 Å². The summed E-state index contributed by atoms with van der Waals surface area (Å²) >= 11 is 5.92. The maximum atomic E-state index is 5.92. The molecule has 0 aliphatic rings. The summed E-state index contributed by atoms with van der Waals surface area (Å²) in [6.07, 6.45) is 0. The van der Waals surface area contributed by atoms with Gasteiger partial charge in [0, 0.05) is 22.0 Å². The minimum Gasteiger partial charge on any atom is -0.382 e. The van der Waals surface area contributed by atoms with Gasteiger partial charge in [0.2, 0.25) is 0 Å². The summed E-state index contributed by atoms with van der Waals surface area (Å²) in [4.78, 5) is 3.27. The monoisotopic (exact) mass is 232 g/mol. The van der Waals surface area contributed by atoms with E-state index in [0.717, 1.165) is 27.3 Å². The van der Waals surface area contributed by atoms with Gasteiger partial charge in [-0.1, -0.05) is 11.6 Å². The molecule has 0 aliphatic carbocycles. The number of nitrogens with two attached hydrogens (primary N) is 1. The number of halogens is 1. The summed E-state index contributed by atoms with van der Waals surface area (Å²) in [6, 6.07) is 9.50. The molecule has 0 saturated carbocycles. The number of benzene rings is 1. The molecule has 5 heteroatoms. The molecule has 0 amide bonds. The van der Waals surface area contributed by atoms with Crippen molar-refractivity contribution >= 4 is 28.3 Å². The zero-order chi connectivity index (χ0) is 11.1. The number of aromatic nitrogens is 3. The van der Waals surface area contributed by atoms with Crippen molar-refractivity contribution in [1.29, 1.82) is 0 Å². The highest BCUT2D eigenvalue weighted by molar-refractivity contribution is 6.31. The third kappa shape index (κ3) is 1.44. The summed E-state index contributed by atoms with van der Waals surface area (Å²) in [5.41, 5.74) is 8.40. The molecule has 80 valence electrons. The largest absolute Gasteiger partial charge is 0.382 e. The third-order valence-electron chi connectivity index (χ3n) is 2.47. The molecule has 0 saturated heterocycles. The van der Waals surface area contributed by atoms with Crippen LogP contribution in [0.1, 0.15) is 0 Å². The summed E-state index contributed by atoms with van der Waals surface area (Å²) in [6.45, 7) is 0. The molecular weight excluding hydrogens is 224 g/mol. The van der Waals surface area contributed by atoms with E-state index in [2.05, 4.69) is 15.2 Å². The lowest BCUT2D eigenvalue weighted by Crippen LogP contribution is -1.81. The Bertz CT molecular complexity index is 653. The van der Waals surface area contributed by atoms with E-state index in [0.29, 0.717) is 5.82 Å². The van der Waals surface area contributed by atoms with Crippen molar-refractivity contribution in [2.45, 2.75) is 0 Å². The van der Waals surface area contributed by atoms with E-state index in [4.69, 9.17) is 17.3 Å². The highest BCUT2D eigenvalue weighted by Crippen LogP contribution is 2.25. The fraction of sp³-hybridized carbons (Fsp3) is 0. The Morgan fingerprint density at radius 2 is 2.00 bits per heavy atom. The molecule has 16 heavy (non-hydrogen) atoms. The van der Waals surface area contributed by atoms with Crippen LogP contribution in [0.4, 0.5) is 5.82 Å². The molecule has 1 aromatic carbocycles. The predicted octanol–water partition coefficient (Wildman–Crippen LogP) is 2.79. The number of hydrogen-bond donors (Lipinski definition) is 3. The van der Waals surface area contributed by atoms with Crippen LogP contribution in [-0.2, 0) is 0 Å². The smallest absolute Gasteiger partial charge is 0.145 e. The summed E-state index contributed by atoms with van der Waals surface area (Å²) in [5, 5.41) is 8.54. The van der Waals surface area contributed by atoms with Crippen molar-refractivity contribution in [1.82, 2.24) is 15.2 Å². The fourth-order valence-electron chi connectivity index (χ4n) is 1.72. The molecular formula is C11H9ClN4. The molecule has 0 spiro atoms. The molecule has 0 aliphatic heterocycles. The quantitative estimate of drug-likeness (QED) is 0.604. The Balaban J connectivity index is 2.18. The normalized spacial score (nSPS) is 11.1. The molecule has 0 unspecified atom stereocenters. The van der Waals surface area contributed by atoms with Crippen LogP contribution in [0, 0.1) is 0 Å². The maximum absolute atomic E-state index is 5.92. The second-order valence-electron chi connectivity index (χ2n) is 3.62. The maximum Gasteiger partial charge on any atom is 0.145 e. The number of hydrogen-bond acceptors (Lipinski definition) is 2. The standard InChI is InChI=1S/C11H9ClN4/c12-7-1-2-8-6(3-7)4-9(14-8)10-5-11(13)16-15-10/h1-5,14H,(H3,13,15,16). The van der Waals surface area contributed by atoms with Gasteiger partial charge < -0.3 is 10.7 Å². The van der Waals surface area contributed by atoms with Crippen LogP contribution in [0.3, 0.4) is 0 Å². The average Bonchev–Trinajstić information content (AvgIpc) is 2.83. The van der Waals surface area contributed by atoms with Gasteiger partial charge in [0.05, 0.1) is 11.4 Å². The van der Waals surface area contributed by atoms with Crippen molar-refractivity contribution in [2.24, 2.45) is 0 Å². The Morgan fingerprint density at radius 3 is 2.75 bits per heavy atom. The van der Waals surface area contributed by atoms with Crippen LogP contribution in [0.2, 0.25) is 5.02 Å². The first-order chi connectivity index (χ1) is 7.72. The van der Waals surface area contributed by atoms with Crippen LogP contribution >= 0.6 is 11.6 Å². The zero-order valence-electron chi connectivity index (χ0n) is 8.29. The van der Waals surface area contributed by atoms with Crippen molar-refractivity contribution in [3.05, 3.63) is 35.4 Å². The number of nitrogens with zero attached hydrogens (tertiary/aromatic N) is 1. The van der Waals surface area contributed by atoms with Crippen molar-refractivity contribution in [3.63, 3.8) is 0 Å². The average molecular weight is 233 g/mol. The highest BCUT2D eigenvalue weighted by Gasteiger charge is 2.05. The Hall–Kier alpha value is -1.94. The number of nitrogen functional groups attached to an aromatic ring is 1. The molecule has 0 fully saturated rings. The first-order valence-corrected chi connectivity index (χ1v) is 5.20. The van der Waals surface area contributed by atoms with Gasteiger partial charge in [0.25, 0.3) is 0 Å². The highest BCUT2D eigenvalue weighted by atomic mass is 35.5. The van der Waals surface area contributed by atoms with Gasteiger partial charge in [-0.15, -0.1) is 0 Å². The van der Waals surface area contributed by atoms with Gasteiger partial charge in [0.1, 0.15) is 5.82 Å². The topological polar surface area (TPSA) is 70.5 Å². The number of H-pyrrole nitrogens is 2. The fourth-order valence-corrected chi connectivity index (χ4v) is 1.90. The van der Waals surface area contributed by atoms with E-state index in [1.807, 2.05) is 24.3 Å². The Labute approximate surface area is 96.4 Å². The van der Waals surface area contributed by atoms with Crippen LogP contribution in [0.15, 0.2) is 30.3 Å². The molecule has 3 rings (SSSR count). The zero-order valence-corrected chi connectivity index (χ0v) is 9.05. The van der Waals surface area contributed by atoms with Crippen LogP contribution in [0.5, 0.6) is 0 Å². The van der Waals surface area contributed by atoms with Crippen molar-refractivity contribution in [3.8, 4) is 11.4 Å². The Kier molecular flexibility index (Phi) is 1.91. The van der Waals surface area contributed by atoms with Gasteiger partial charge in [-0.3, -0.25) is 5.10 Å². The van der Waals surface area contributed by atoms with E-state index in [-0.39, 0.29) is 0 Å². The van der Waals surface area contributed by atoms with Crippen LogP contribution in [-0.4, -0.2) is 15.2 Å². The molecule has 4 nitrogen and oxygen atoms in total. The van der Waals surface area contributed by atoms with Crippen LogP contribution < -0.4 is 5.73 Å². The van der Waals surface area contributed by atoms with E-state index in [9.17, 15) is 0 Å². The summed E-state index contributed by atoms with van der Waals surface area (Å²) in [5.74, 6) is 0.478. The Morgan fingerprint density at radius 1 is 1.12 bits per heavy atom. The lowest BCUT2D eigenvalue weighted by Gasteiger charge is -1.89. The minimum absolute atomic E-state index is 0.478. The molecule has 0 bridgehead atoms. The van der Waals surface area contributed by atoms with Gasteiger partial charge in [0.15, 0.2) is 0 Å². The first kappa shape index (κ1) is 9.30. The second kappa shape index (κ2) is 3.28. The second-order valence-corrected chi connectivity index (χ2v) is 4.06. The first-order valence-electron chi connectivity index (χ1n) is 4.82. The lowest BCUT2D eigenvalue weighted by molar-refractivity contribution is 1.10. The summed E-state index contributed by atoms with van der Waals surface area (Å²) < 4.78 is 0. The molecule has 3 aromatic rings. The van der Waals surface area contributed by atoms with E-state index in [1.54, 1.807) is 6.07 Å². The SMILES string of the molecule is Nc1cc(-c2cc3cc(Cl)ccc3[nH]2)[nH]n1. The summed E-state index contributed by atoms with van der Waals surface area (Å²) in [7, 11) is 0. The molecule has 4 N–H and O–H groups in total. The van der Waals surface area contributed by atoms with E-state index in [1.165, 1.54) is 0 Å². The van der Waals surface area contributed by atoms with Gasteiger partial charge >= 0.3 is 0 Å². The molecule has 2 aromatic heterocycles. The van der Waals surface area contributed by atoms with E-state index < -0.39 is 0 Å². The number of fused-ring (bicyclic) bond motifs is 1. The number of anilines is 1. The van der Waals surface area contributed by atoms with Crippen molar-refractivity contribution < 1.29 is 0 Å². The van der Waals surface area contributed by atoms with Gasteiger partial charge in [-0.25, -0.2) is 0 Å². The number of nitrogens with one attached hydrogen (secondary N) is 2. The third-order valence-corrected chi connectivity index (χ3v) is 2.71. The van der Waals surface area contributed by atoms with Gasteiger partial charge in [-0.05, 0) is 24.3 Å². The van der Waals surface area contributed by atoms with Gasteiger partial charge in [-0.2, -0.15) is 5.10 Å². The molecule has 2 heterocycles. The van der Waals surface area contributed by atoms with Crippen LogP contribution in [0.25, 0.3) is 22.3 Å².